The number of carbonyl (C=O) groups excluding carboxylic acids is 1. The van der Waals surface area contributed by atoms with E-state index in [0.29, 0.717) is 11.3 Å². The average Bonchev–Trinajstić information content (AvgIpc) is 2.56. The fraction of sp³-hybridized carbons (Fsp3) is 0.412. The number of rotatable bonds is 3. The van der Waals surface area contributed by atoms with Gasteiger partial charge in [-0.05, 0) is 25.0 Å². The number of hydrogen-bond donors (Lipinski definition) is 1. The van der Waals surface area contributed by atoms with Crippen molar-refractivity contribution in [2.24, 2.45) is 5.92 Å². The minimum absolute atomic E-state index is 0.0466. The Labute approximate surface area is 129 Å². The molecule has 1 fully saturated rings. The summed E-state index contributed by atoms with van der Waals surface area (Å²) in [5, 5.41) is 10.2. The first-order valence-corrected chi connectivity index (χ1v) is 7.66. The Kier molecular flexibility index (Phi) is 4.01. The van der Waals surface area contributed by atoms with Crippen molar-refractivity contribution in [3.05, 3.63) is 30.1 Å². The van der Waals surface area contributed by atoms with E-state index in [1.54, 1.807) is 0 Å². The number of nitrogens with zero attached hydrogens (tertiary/aromatic N) is 3. The molecule has 1 atom stereocenters. The molecule has 5 nitrogen and oxygen atoms in total. The highest BCUT2D eigenvalue weighted by Crippen LogP contribution is 2.30. The number of nitrogens with two attached hydrogens (primary N) is 1. The monoisotopic (exact) mass is 294 g/mol. The van der Waals surface area contributed by atoms with Crippen LogP contribution in [0.2, 0.25) is 0 Å². The Bertz CT molecular complexity index is 744. The molecule has 1 heterocycles. The van der Waals surface area contributed by atoms with Crippen molar-refractivity contribution in [1.82, 2.24) is 9.97 Å². The van der Waals surface area contributed by atoms with Gasteiger partial charge in [0.25, 0.3) is 0 Å². The summed E-state index contributed by atoms with van der Waals surface area (Å²) in [6, 6.07) is 9.43. The van der Waals surface area contributed by atoms with Gasteiger partial charge in [0, 0.05) is 11.3 Å². The van der Waals surface area contributed by atoms with E-state index in [1.807, 2.05) is 24.3 Å². The highest BCUT2D eigenvalue weighted by Gasteiger charge is 2.31. The zero-order valence-corrected chi connectivity index (χ0v) is 12.3. The number of para-hydroxylation sites is 1. The van der Waals surface area contributed by atoms with Crippen LogP contribution in [0, 0.1) is 17.2 Å². The Balaban J connectivity index is 1.96. The number of nitrogen functional groups attached to an aromatic ring is 1. The molecule has 112 valence electrons. The van der Waals surface area contributed by atoms with Crippen LogP contribution >= 0.6 is 0 Å². The molecule has 1 unspecified atom stereocenters. The van der Waals surface area contributed by atoms with Gasteiger partial charge in [0.1, 0.15) is 5.82 Å². The van der Waals surface area contributed by atoms with Gasteiger partial charge in [-0.3, -0.25) is 4.79 Å². The molecule has 1 saturated carbocycles. The first-order chi connectivity index (χ1) is 10.7. The predicted octanol–water partition coefficient (Wildman–Crippen LogP) is 2.97. The second-order valence-electron chi connectivity index (χ2n) is 5.78. The third-order valence-electron chi connectivity index (χ3n) is 4.33. The van der Waals surface area contributed by atoms with Crippen LogP contribution in [0.25, 0.3) is 10.9 Å². The van der Waals surface area contributed by atoms with Crippen molar-refractivity contribution in [1.29, 1.82) is 5.26 Å². The molecule has 0 amide bonds. The van der Waals surface area contributed by atoms with Gasteiger partial charge in [-0.15, -0.1) is 0 Å². The van der Waals surface area contributed by atoms with E-state index in [2.05, 4.69) is 16.0 Å². The van der Waals surface area contributed by atoms with Crippen LogP contribution < -0.4 is 5.73 Å². The maximum atomic E-state index is 12.6. The molecular weight excluding hydrogens is 276 g/mol. The smallest absolute Gasteiger partial charge is 0.164 e. The van der Waals surface area contributed by atoms with Crippen LogP contribution in [0.15, 0.2) is 24.3 Å². The van der Waals surface area contributed by atoms with Crippen molar-refractivity contribution >= 4 is 22.5 Å². The minimum atomic E-state index is -0.921. The van der Waals surface area contributed by atoms with Crippen molar-refractivity contribution in [3.8, 4) is 6.07 Å². The molecule has 2 N–H and O–H groups in total. The molecule has 2 aromatic rings. The van der Waals surface area contributed by atoms with E-state index in [9.17, 15) is 10.1 Å². The highest BCUT2D eigenvalue weighted by atomic mass is 16.1. The summed E-state index contributed by atoms with van der Waals surface area (Å²) in [4.78, 5) is 21.2. The number of fused-ring (bicyclic) bond motifs is 1. The molecule has 22 heavy (non-hydrogen) atoms. The summed E-state index contributed by atoms with van der Waals surface area (Å²) in [5.41, 5.74) is 6.62. The Hall–Kier alpha value is -2.48. The van der Waals surface area contributed by atoms with E-state index in [1.165, 1.54) is 6.42 Å². The maximum Gasteiger partial charge on any atom is 0.164 e. The van der Waals surface area contributed by atoms with E-state index >= 15 is 0 Å². The molecule has 0 aliphatic heterocycles. The molecule has 5 heteroatoms. The number of carbonyl (C=O) groups is 1. The van der Waals surface area contributed by atoms with Gasteiger partial charge in [0.2, 0.25) is 0 Å². The van der Waals surface area contributed by atoms with Crippen molar-refractivity contribution < 1.29 is 4.79 Å². The number of ketones is 1. The second-order valence-corrected chi connectivity index (χ2v) is 5.78. The van der Waals surface area contributed by atoms with E-state index < -0.39 is 5.92 Å². The first-order valence-electron chi connectivity index (χ1n) is 7.66. The normalized spacial score (nSPS) is 17.0. The van der Waals surface area contributed by atoms with Gasteiger partial charge in [-0.2, -0.15) is 5.26 Å². The predicted molar refractivity (Wildman–Crippen MR) is 83.9 cm³/mol. The van der Waals surface area contributed by atoms with Crippen molar-refractivity contribution in [3.63, 3.8) is 0 Å². The summed E-state index contributed by atoms with van der Waals surface area (Å²) in [7, 11) is 0. The summed E-state index contributed by atoms with van der Waals surface area (Å²) < 4.78 is 0. The van der Waals surface area contributed by atoms with Gasteiger partial charge >= 0.3 is 0 Å². The van der Waals surface area contributed by atoms with Crippen LogP contribution in [0.3, 0.4) is 0 Å². The van der Waals surface area contributed by atoms with Gasteiger partial charge in [-0.25, -0.2) is 9.97 Å². The van der Waals surface area contributed by atoms with Crippen LogP contribution in [0.1, 0.15) is 43.8 Å². The molecule has 3 rings (SSSR count). The highest BCUT2D eigenvalue weighted by molar-refractivity contribution is 5.92. The molecule has 1 aliphatic rings. The zero-order valence-electron chi connectivity index (χ0n) is 12.3. The lowest BCUT2D eigenvalue weighted by Gasteiger charge is -2.22. The molecule has 0 bridgehead atoms. The number of Topliss-reactive ketones (excluding diaryl/α,β-unsaturated/α-hetero) is 1. The van der Waals surface area contributed by atoms with Crippen LogP contribution in [-0.2, 0) is 4.79 Å². The van der Waals surface area contributed by atoms with Crippen molar-refractivity contribution in [2.45, 2.75) is 38.0 Å². The number of aromatic nitrogens is 2. The Morgan fingerprint density at radius 1 is 1.23 bits per heavy atom. The van der Waals surface area contributed by atoms with E-state index in [0.717, 1.165) is 31.1 Å². The number of hydrogen-bond acceptors (Lipinski definition) is 5. The molecule has 0 saturated heterocycles. The molecule has 1 aliphatic carbocycles. The minimum Gasteiger partial charge on any atom is -0.383 e. The maximum absolute atomic E-state index is 12.6. The molecule has 1 aromatic carbocycles. The fourth-order valence-electron chi connectivity index (χ4n) is 3.12. The summed E-state index contributed by atoms with van der Waals surface area (Å²) in [6.45, 7) is 0. The van der Waals surface area contributed by atoms with Crippen molar-refractivity contribution in [2.75, 3.05) is 5.73 Å². The lowest BCUT2D eigenvalue weighted by atomic mass is 9.82. The zero-order chi connectivity index (χ0) is 15.5. The standard InChI is InChI=1S/C17H18N4O/c18-10-13(15(22)11-6-2-1-3-7-11)17-20-14-9-5-4-8-12(14)16(19)21-17/h4-5,8-9,11,13H,1-3,6-7H2,(H2,19,20,21). The van der Waals surface area contributed by atoms with Gasteiger partial charge < -0.3 is 5.73 Å². The third kappa shape index (κ3) is 2.64. The van der Waals surface area contributed by atoms with Gasteiger partial charge in [0.05, 0.1) is 11.6 Å². The molecule has 1 aromatic heterocycles. The van der Waals surface area contributed by atoms with Gasteiger partial charge in [0.15, 0.2) is 17.5 Å². The van der Waals surface area contributed by atoms with Gasteiger partial charge in [-0.1, -0.05) is 31.4 Å². The number of nitriles is 1. The second kappa shape index (κ2) is 6.10. The number of anilines is 1. The lowest BCUT2D eigenvalue weighted by Crippen LogP contribution is -2.25. The van der Waals surface area contributed by atoms with Crippen LogP contribution in [0.5, 0.6) is 0 Å². The summed E-state index contributed by atoms with van der Waals surface area (Å²) in [6.07, 6.45) is 4.99. The topological polar surface area (TPSA) is 92.7 Å². The number of benzene rings is 1. The summed E-state index contributed by atoms with van der Waals surface area (Å²) in [5.74, 6) is -0.479. The lowest BCUT2D eigenvalue weighted by molar-refractivity contribution is -0.124. The molecular formula is C17H18N4O. The van der Waals surface area contributed by atoms with Crippen LogP contribution in [0.4, 0.5) is 5.82 Å². The Morgan fingerprint density at radius 2 is 1.95 bits per heavy atom. The third-order valence-corrected chi connectivity index (χ3v) is 4.33. The largest absolute Gasteiger partial charge is 0.383 e. The SMILES string of the molecule is N#CC(C(=O)C1CCCCC1)c1nc(N)c2ccccc2n1. The summed E-state index contributed by atoms with van der Waals surface area (Å²) >= 11 is 0. The fourth-order valence-corrected chi connectivity index (χ4v) is 3.12. The molecule has 0 spiro atoms. The molecule has 0 radical (unpaired) electrons. The Morgan fingerprint density at radius 3 is 2.68 bits per heavy atom. The quantitative estimate of drug-likeness (QED) is 0.939. The van der Waals surface area contributed by atoms with E-state index in [4.69, 9.17) is 5.73 Å². The van der Waals surface area contributed by atoms with Crippen LogP contribution in [-0.4, -0.2) is 15.8 Å². The van der Waals surface area contributed by atoms with E-state index in [-0.39, 0.29) is 17.5 Å². The average molecular weight is 294 g/mol. The first kappa shape index (κ1) is 14.5.